The summed E-state index contributed by atoms with van der Waals surface area (Å²) in [5, 5.41) is 0.654. The van der Waals surface area contributed by atoms with Crippen LogP contribution in [0.5, 0.6) is 0 Å². The standard InChI is InChI=1S/C18H25Cl2N3O2.ClH/c19-15-7-5-6-14(17(15)20)18(25)23-12-10-22(11-13-23)16(24)8-3-1-2-4-9-21;/h5-7H,1-4,8-13,21H2;1H. The Bertz CT molecular complexity index is 605. The van der Waals surface area contributed by atoms with Crippen molar-refractivity contribution in [2.75, 3.05) is 32.7 Å². The van der Waals surface area contributed by atoms with Crippen molar-refractivity contribution < 1.29 is 9.59 Å². The van der Waals surface area contributed by atoms with Crippen molar-refractivity contribution in [3.05, 3.63) is 33.8 Å². The van der Waals surface area contributed by atoms with E-state index in [9.17, 15) is 9.59 Å². The highest BCUT2D eigenvalue weighted by atomic mass is 35.5. The van der Waals surface area contributed by atoms with Gasteiger partial charge in [0.1, 0.15) is 0 Å². The lowest BCUT2D eigenvalue weighted by molar-refractivity contribution is -0.132. The van der Waals surface area contributed by atoms with Crippen molar-refractivity contribution >= 4 is 47.4 Å². The zero-order chi connectivity index (χ0) is 18.2. The van der Waals surface area contributed by atoms with Crippen LogP contribution in [-0.2, 0) is 4.79 Å². The largest absolute Gasteiger partial charge is 0.339 e. The first-order valence-corrected chi connectivity index (χ1v) is 9.51. The molecule has 146 valence electrons. The maximum Gasteiger partial charge on any atom is 0.255 e. The summed E-state index contributed by atoms with van der Waals surface area (Å²) in [6.45, 7) is 2.86. The monoisotopic (exact) mass is 421 g/mol. The molecule has 1 heterocycles. The molecule has 0 atom stereocenters. The third kappa shape index (κ3) is 6.31. The van der Waals surface area contributed by atoms with E-state index in [1.807, 2.05) is 4.90 Å². The molecule has 0 aromatic heterocycles. The molecule has 0 spiro atoms. The van der Waals surface area contributed by atoms with E-state index in [4.69, 9.17) is 28.9 Å². The van der Waals surface area contributed by atoms with Crippen molar-refractivity contribution in [1.29, 1.82) is 0 Å². The number of hydrogen-bond acceptors (Lipinski definition) is 3. The molecule has 0 radical (unpaired) electrons. The quantitative estimate of drug-likeness (QED) is 0.683. The van der Waals surface area contributed by atoms with Crippen molar-refractivity contribution in [2.45, 2.75) is 32.1 Å². The zero-order valence-electron chi connectivity index (χ0n) is 14.8. The molecule has 1 aromatic rings. The van der Waals surface area contributed by atoms with Gasteiger partial charge < -0.3 is 15.5 Å². The number of piperazine rings is 1. The minimum atomic E-state index is -0.138. The average molecular weight is 423 g/mol. The molecule has 0 aliphatic carbocycles. The predicted molar refractivity (Wildman–Crippen MR) is 108 cm³/mol. The summed E-state index contributed by atoms with van der Waals surface area (Å²) in [6.07, 6.45) is 4.59. The zero-order valence-corrected chi connectivity index (χ0v) is 17.1. The molecular formula is C18H26Cl3N3O2. The number of rotatable bonds is 7. The Morgan fingerprint density at radius 1 is 0.962 bits per heavy atom. The fourth-order valence-electron chi connectivity index (χ4n) is 2.93. The molecule has 1 aliphatic heterocycles. The van der Waals surface area contributed by atoms with Gasteiger partial charge in [0, 0.05) is 32.6 Å². The lowest BCUT2D eigenvalue weighted by Crippen LogP contribution is -2.50. The van der Waals surface area contributed by atoms with E-state index in [1.165, 1.54) is 0 Å². The van der Waals surface area contributed by atoms with E-state index in [1.54, 1.807) is 23.1 Å². The smallest absolute Gasteiger partial charge is 0.255 e. The Balaban J connectivity index is 0.00000338. The van der Waals surface area contributed by atoms with Crippen molar-refractivity contribution in [3.8, 4) is 0 Å². The molecule has 0 bridgehead atoms. The summed E-state index contributed by atoms with van der Waals surface area (Å²) in [5.41, 5.74) is 5.87. The number of carbonyl (C=O) groups excluding carboxylic acids is 2. The summed E-state index contributed by atoms with van der Waals surface area (Å²) in [6, 6.07) is 5.05. The van der Waals surface area contributed by atoms with Crippen molar-refractivity contribution in [1.82, 2.24) is 9.80 Å². The molecule has 26 heavy (non-hydrogen) atoms. The Morgan fingerprint density at radius 3 is 2.23 bits per heavy atom. The summed E-state index contributed by atoms with van der Waals surface area (Å²) in [7, 11) is 0. The first kappa shape index (κ1) is 23.0. The Morgan fingerprint density at radius 2 is 1.58 bits per heavy atom. The van der Waals surface area contributed by atoms with Gasteiger partial charge in [-0.3, -0.25) is 9.59 Å². The summed E-state index contributed by atoms with van der Waals surface area (Å²) in [5.74, 6) is 0.0296. The average Bonchev–Trinajstić information content (AvgIpc) is 2.63. The molecule has 1 aromatic carbocycles. The Kier molecular flexibility index (Phi) is 10.3. The number of nitrogens with zero attached hydrogens (tertiary/aromatic N) is 2. The van der Waals surface area contributed by atoms with Gasteiger partial charge in [-0.2, -0.15) is 0 Å². The number of unbranched alkanes of at least 4 members (excludes halogenated alkanes) is 3. The molecule has 1 aliphatic rings. The fraction of sp³-hybridized carbons (Fsp3) is 0.556. The topological polar surface area (TPSA) is 66.6 Å². The highest BCUT2D eigenvalue weighted by molar-refractivity contribution is 6.43. The van der Waals surface area contributed by atoms with Crippen LogP contribution in [0.3, 0.4) is 0 Å². The van der Waals surface area contributed by atoms with Gasteiger partial charge in [-0.05, 0) is 31.5 Å². The van der Waals surface area contributed by atoms with Crippen LogP contribution in [0.1, 0.15) is 42.5 Å². The fourth-order valence-corrected chi connectivity index (χ4v) is 3.31. The van der Waals surface area contributed by atoms with E-state index in [-0.39, 0.29) is 29.2 Å². The lowest BCUT2D eigenvalue weighted by atomic mass is 10.1. The van der Waals surface area contributed by atoms with E-state index >= 15 is 0 Å². The van der Waals surface area contributed by atoms with Gasteiger partial charge >= 0.3 is 0 Å². The molecule has 1 fully saturated rings. The number of halogens is 3. The third-order valence-electron chi connectivity index (χ3n) is 4.45. The Labute approximate surface area is 171 Å². The van der Waals surface area contributed by atoms with Gasteiger partial charge in [-0.15, -0.1) is 12.4 Å². The molecule has 0 saturated carbocycles. The number of hydrogen-bond donors (Lipinski definition) is 1. The molecule has 2 N–H and O–H groups in total. The van der Waals surface area contributed by atoms with Crippen LogP contribution in [-0.4, -0.2) is 54.3 Å². The summed E-state index contributed by atoms with van der Waals surface area (Å²) in [4.78, 5) is 28.4. The maximum atomic E-state index is 12.6. The van der Waals surface area contributed by atoms with Crippen molar-refractivity contribution in [3.63, 3.8) is 0 Å². The third-order valence-corrected chi connectivity index (χ3v) is 5.27. The van der Waals surface area contributed by atoms with Crippen LogP contribution in [0.15, 0.2) is 18.2 Å². The molecule has 8 heteroatoms. The van der Waals surface area contributed by atoms with Crippen LogP contribution >= 0.6 is 35.6 Å². The van der Waals surface area contributed by atoms with E-state index < -0.39 is 0 Å². The molecular weight excluding hydrogens is 397 g/mol. The highest BCUT2D eigenvalue weighted by Crippen LogP contribution is 2.26. The normalized spacial score (nSPS) is 14.1. The van der Waals surface area contributed by atoms with Crippen LogP contribution in [0.25, 0.3) is 0 Å². The molecule has 5 nitrogen and oxygen atoms in total. The van der Waals surface area contributed by atoms with E-state index in [0.717, 1.165) is 25.7 Å². The van der Waals surface area contributed by atoms with Gasteiger partial charge in [0.15, 0.2) is 0 Å². The minimum Gasteiger partial charge on any atom is -0.339 e. The van der Waals surface area contributed by atoms with Crippen LogP contribution in [0.4, 0.5) is 0 Å². The first-order chi connectivity index (χ1) is 12.0. The highest BCUT2D eigenvalue weighted by Gasteiger charge is 2.26. The van der Waals surface area contributed by atoms with Crippen LogP contribution in [0, 0.1) is 0 Å². The second-order valence-electron chi connectivity index (χ2n) is 6.23. The summed E-state index contributed by atoms with van der Waals surface area (Å²) >= 11 is 12.1. The number of amides is 2. The van der Waals surface area contributed by atoms with Crippen LogP contribution in [0.2, 0.25) is 10.0 Å². The molecule has 2 rings (SSSR count). The van der Waals surface area contributed by atoms with Crippen LogP contribution < -0.4 is 5.73 Å². The second-order valence-corrected chi connectivity index (χ2v) is 7.01. The van der Waals surface area contributed by atoms with Crippen molar-refractivity contribution in [2.24, 2.45) is 5.73 Å². The number of benzene rings is 1. The maximum absolute atomic E-state index is 12.6. The molecule has 1 saturated heterocycles. The Hall–Kier alpha value is -1.01. The van der Waals surface area contributed by atoms with Gasteiger partial charge in [0.2, 0.25) is 5.91 Å². The van der Waals surface area contributed by atoms with E-state index in [0.29, 0.717) is 49.7 Å². The van der Waals surface area contributed by atoms with Gasteiger partial charge in [-0.25, -0.2) is 0 Å². The van der Waals surface area contributed by atoms with Gasteiger partial charge in [0.05, 0.1) is 15.6 Å². The van der Waals surface area contributed by atoms with Gasteiger partial charge in [0.25, 0.3) is 5.91 Å². The van der Waals surface area contributed by atoms with E-state index in [2.05, 4.69) is 0 Å². The first-order valence-electron chi connectivity index (χ1n) is 8.75. The molecule has 2 amide bonds. The number of carbonyl (C=O) groups is 2. The second kappa shape index (κ2) is 11.7. The predicted octanol–water partition coefficient (Wildman–Crippen LogP) is 3.61. The minimum absolute atomic E-state index is 0. The van der Waals surface area contributed by atoms with Gasteiger partial charge in [-0.1, -0.05) is 42.1 Å². The molecule has 0 unspecified atom stereocenters. The lowest BCUT2D eigenvalue weighted by Gasteiger charge is -2.35. The summed E-state index contributed by atoms with van der Waals surface area (Å²) < 4.78 is 0. The SMILES string of the molecule is Cl.NCCCCCCC(=O)N1CCN(C(=O)c2cccc(Cl)c2Cl)CC1. The number of nitrogens with two attached hydrogens (primary N) is 1.